The lowest BCUT2D eigenvalue weighted by Crippen LogP contribution is -2.59. The molecule has 0 unspecified atom stereocenters. The monoisotopic (exact) mass is 550 g/mol. The van der Waals surface area contributed by atoms with Gasteiger partial charge in [-0.1, -0.05) is 36.4 Å². The molecule has 0 aliphatic carbocycles. The first-order valence-electron chi connectivity index (χ1n) is 12.3. The fraction of sp³-hybridized carbons (Fsp3) is 0.231. The number of fused-ring (bicyclic) bond motifs is 2. The van der Waals surface area contributed by atoms with Crippen molar-refractivity contribution >= 4 is 46.1 Å². The summed E-state index contributed by atoms with van der Waals surface area (Å²) in [5.74, 6) is 0. The average Bonchev–Trinajstić information content (AvgIpc) is 3.55. The number of rotatable bonds is 8. The van der Waals surface area contributed by atoms with Crippen LogP contribution in [0.5, 0.6) is 0 Å². The van der Waals surface area contributed by atoms with Gasteiger partial charge in [0.15, 0.2) is 0 Å². The lowest BCUT2D eigenvalue weighted by atomic mass is 10.1. The molecule has 14 heteroatoms. The van der Waals surface area contributed by atoms with Gasteiger partial charge in [-0.15, -0.1) is 0 Å². The Kier molecular flexibility index (Phi) is 8.92. The summed E-state index contributed by atoms with van der Waals surface area (Å²) in [6.07, 6.45) is 0.797. The third kappa shape index (κ3) is 7.12. The van der Waals surface area contributed by atoms with E-state index in [2.05, 4.69) is 51.6 Å². The van der Waals surface area contributed by atoms with Crippen molar-refractivity contribution in [2.24, 2.45) is 0 Å². The summed E-state index contributed by atoms with van der Waals surface area (Å²) in [6.45, 7) is 0. The first-order chi connectivity index (χ1) is 19.4. The van der Waals surface area contributed by atoms with Crippen LogP contribution in [0.15, 0.2) is 60.9 Å². The Labute approximate surface area is 228 Å². The van der Waals surface area contributed by atoms with Crippen LogP contribution in [0, 0.1) is 0 Å². The Morgan fingerprint density at radius 3 is 1.45 bits per heavy atom. The van der Waals surface area contributed by atoms with Crippen LogP contribution in [0.25, 0.3) is 21.8 Å². The van der Waals surface area contributed by atoms with Crippen LogP contribution in [0.2, 0.25) is 0 Å². The highest BCUT2D eigenvalue weighted by Crippen LogP contribution is 2.19. The highest BCUT2D eigenvalue weighted by Gasteiger charge is 2.20. The van der Waals surface area contributed by atoms with E-state index in [9.17, 15) is 19.2 Å². The van der Waals surface area contributed by atoms with Gasteiger partial charge in [-0.3, -0.25) is 0 Å². The fourth-order valence-corrected chi connectivity index (χ4v) is 4.22. The second-order valence-electron chi connectivity index (χ2n) is 8.70. The number of ether oxygens (including phenoxy) is 2. The number of hydrogen-bond donors (Lipinski definition) is 8. The Bertz CT molecular complexity index is 1390. The topological polar surface area (TPSA) is 190 Å². The molecule has 40 heavy (non-hydrogen) atoms. The van der Waals surface area contributed by atoms with E-state index in [1.54, 1.807) is 12.4 Å². The maximum Gasteiger partial charge on any atom is 0.408 e. The van der Waals surface area contributed by atoms with Crippen molar-refractivity contribution in [2.45, 2.75) is 25.2 Å². The van der Waals surface area contributed by atoms with Gasteiger partial charge in [0.2, 0.25) is 0 Å². The largest absolute Gasteiger partial charge is 0.453 e. The van der Waals surface area contributed by atoms with Crippen LogP contribution in [-0.4, -0.2) is 60.8 Å². The Hall–Kier alpha value is -5.40. The number of carbonyl (C=O) groups is 4. The summed E-state index contributed by atoms with van der Waals surface area (Å²) < 4.78 is 9.33. The fourth-order valence-electron chi connectivity index (χ4n) is 4.22. The molecule has 0 spiro atoms. The van der Waals surface area contributed by atoms with Gasteiger partial charge in [0, 0.05) is 47.0 Å². The maximum absolute atomic E-state index is 12.6. The second kappa shape index (κ2) is 12.9. The number of hydrogen-bond acceptors (Lipinski definition) is 6. The van der Waals surface area contributed by atoms with E-state index in [0.717, 1.165) is 32.9 Å². The number of H-pyrrole nitrogens is 2. The summed E-state index contributed by atoms with van der Waals surface area (Å²) in [7, 11) is 2.41. The number of hydrazine groups is 1. The average molecular weight is 551 g/mol. The number of carbonyl (C=O) groups excluding carboxylic acids is 4. The number of aromatic amines is 2. The molecule has 0 saturated heterocycles. The minimum Gasteiger partial charge on any atom is -0.453 e. The van der Waals surface area contributed by atoms with Crippen molar-refractivity contribution in [3.8, 4) is 0 Å². The van der Waals surface area contributed by atoms with E-state index in [1.165, 1.54) is 14.2 Å². The third-order valence-electron chi connectivity index (χ3n) is 6.05. The molecule has 0 aliphatic rings. The molecule has 0 saturated carbocycles. The SMILES string of the molecule is COC(=O)N[C@@H](Cc1c[nH]c2ccccc12)NC(=O)NNC(=O)N[C@H](Cc1c[nH]c2ccccc12)NC(=O)OC. The number of benzene rings is 2. The predicted octanol–water partition coefficient (Wildman–Crippen LogP) is 2.31. The highest BCUT2D eigenvalue weighted by atomic mass is 16.5. The summed E-state index contributed by atoms with van der Waals surface area (Å²) in [5.41, 5.74) is 7.93. The lowest BCUT2D eigenvalue weighted by Gasteiger charge is -2.21. The van der Waals surface area contributed by atoms with Crippen molar-refractivity contribution in [2.75, 3.05) is 14.2 Å². The molecule has 2 atom stereocenters. The molecule has 210 valence electrons. The van der Waals surface area contributed by atoms with Crippen molar-refractivity contribution in [1.29, 1.82) is 0 Å². The highest BCUT2D eigenvalue weighted by molar-refractivity contribution is 5.85. The number of para-hydroxylation sites is 2. The molecule has 0 fully saturated rings. The molecule has 2 heterocycles. The van der Waals surface area contributed by atoms with Gasteiger partial charge in [0.05, 0.1) is 14.2 Å². The summed E-state index contributed by atoms with van der Waals surface area (Å²) in [5, 5.41) is 12.1. The Balaban J connectivity index is 1.35. The summed E-state index contributed by atoms with van der Waals surface area (Å²) in [4.78, 5) is 55.2. The normalized spacial score (nSPS) is 12.2. The van der Waals surface area contributed by atoms with Gasteiger partial charge in [0.25, 0.3) is 0 Å². The van der Waals surface area contributed by atoms with E-state index >= 15 is 0 Å². The zero-order valence-electron chi connectivity index (χ0n) is 21.8. The van der Waals surface area contributed by atoms with Crippen LogP contribution in [0.4, 0.5) is 19.2 Å². The molecule has 0 radical (unpaired) electrons. The molecule has 4 rings (SSSR count). The summed E-state index contributed by atoms with van der Waals surface area (Å²) >= 11 is 0. The van der Waals surface area contributed by atoms with Crippen molar-refractivity contribution in [3.63, 3.8) is 0 Å². The van der Waals surface area contributed by atoms with Gasteiger partial charge in [-0.2, -0.15) is 0 Å². The second-order valence-corrected chi connectivity index (χ2v) is 8.70. The molecule has 4 aromatic rings. The standard InChI is InChI=1S/C26H30N8O6/c1-39-25(37)31-21(11-15-13-27-19-9-5-3-7-17(15)19)29-23(35)33-34-24(36)30-22(32-26(38)40-2)12-16-14-28-20-10-6-4-8-18(16)20/h3-10,13-14,21-22,27-28H,11-12H2,1-2H3,(H,31,37)(H,32,38)(H2,29,33,35)(H2,30,34,36)/t21-,22-/m0/s1. The minimum atomic E-state index is -0.868. The number of alkyl carbamates (subject to hydrolysis) is 2. The van der Waals surface area contributed by atoms with Gasteiger partial charge < -0.3 is 40.7 Å². The van der Waals surface area contributed by atoms with E-state index in [1.807, 2.05) is 48.5 Å². The smallest absolute Gasteiger partial charge is 0.408 e. The molecule has 0 aliphatic heterocycles. The zero-order chi connectivity index (χ0) is 28.5. The third-order valence-corrected chi connectivity index (χ3v) is 6.05. The molecule has 8 N–H and O–H groups in total. The molecule has 14 nitrogen and oxygen atoms in total. The van der Waals surface area contributed by atoms with Crippen LogP contribution in [0.1, 0.15) is 11.1 Å². The first-order valence-corrected chi connectivity index (χ1v) is 12.3. The van der Waals surface area contributed by atoms with Gasteiger partial charge >= 0.3 is 24.2 Å². The molecular formula is C26H30N8O6. The van der Waals surface area contributed by atoms with Gasteiger partial charge in [-0.05, 0) is 23.3 Å². The van der Waals surface area contributed by atoms with Crippen LogP contribution in [0.3, 0.4) is 0 Å². The van der Waals surface area contributed by atoms with E-state index in [4.69, 9.17) is 0 Å². The molecule has 2 aromatic heterocycles. The molecule has 0 bridgehead atoms. The van der Waals surface area contributed by atoms with Crippen LogP contribution >= 0.6 is 0 Å². The predicted molar refractivity (Wildman–Crippen MR) is 146 cm³/mol. The number of aromatic nitrogens is 2. The Morgan fingerprint density at radius 1 is 0.650 bits per heavy atom. The van der Waals surface area contributed by atoms with Gasteiger partial charge in [-0.25, -0.2) is 30.0 Å². The molecule has 6 amide bonds. The number of amides is 6. The van der Waals surface area contributed by atoms with Crippen LogP contribution < -0.4 is 32.1 Å². The van der Waals surface area contributed by atoms with Crippen molar-refractivity contribution in [1.82, 2.24) is 42.1 Å². The number of methoxy groups -OCH3 is 2. The maximum atomic E-state index is 12.6. The first kappa shape index (κ1) is 27.6. The quantitative estimate of drug-likeness (QED) is 0.123. The van der Waals surface area contributed by atoms with Crippen LogP contribution in [-0.2, 0) is 22.3 Å². The van der Waals surface area contributed by atoms with E-state index in [0.29, 0.717) is 0 Å². The lowest BCUT2D eigenvalue weighted by molar-refractivity contribution is 0.162. The molecule has 2 aromatic carbocycles. The Morgan fingerprint density at radius 2 is 1.05 bits per heavy atom. The van der Waals surface area contributed by atoms with E-state index in [-0.39, 0.29) is 12.8 Å². The van der Waals surface area contributed by atoms with Crippen molar-refractivity contribution < 1.29 is 28.7 Å². The van der Waals surface area contributed by atoms with Crippen molar-refractivity contribution in [3.05, 3.63) is 72.1 Å². The van der Waals surface area contributed by atoms with E-state index < -0.39 is 36.6 Å². The summed E-state index contributed by atoms with van der Waals surface area (Å²) in [6, 6.07) is 13.6. The van der Waals surface area contributed by atoms with Gasteiger partial charge in [0.1, 0.15) is 12.3 Å². The minimum absolute atomic E-state index is 0.231. The molecular weight excluding hydrogens is 520 g/mol. The number of urea groups is 2. The zero-order valence-corrected chi connectivity index (χ0v) is 21.8. The number of nitrogens with one attached hydrogen (secondary N) is 8.